The van der Waals surface area contributed by atoms with Crippen LogP contribution in [-0.4, -0.2) is 48.1 Å². The van der Waals surface area contributed by atoms with E-state index in [1.807, 2.05) is 0 Å². The fraction of sp³-hybridized carbons (Fsp3) is 0.222. The predicted octanol–water partition coefficient (Wildman–Crippen LogP) is 1.86. The Bertz CT molecular complexity index is 940. The van der Waals surface area contributed by atoms with Crippen LogP contribution in [0.2, 0.25) is 0 Å². The van der Waals surface area contributed by atoms with Crippen molar-refractivity contribution in [1.29, 1.82) is 0 Å². The van der Waals surface area contributed by atoms with E-state index in [-0.39, 0.29) is 0 Å². The first-order valence-corrected chi connectivity index (χ1v) is 9.70. The Morgan fingerprint density at radius 3 is 2.33 bits per heavy atom. The lowest BCUT2D eigenvalue weighted by Gasteiger charge is -2.16. The van der Waals surface area contributed by atoms with Gasteiger partial charge in [-0.25, -0.2) is 13.8 Å². The number of hydrogen-bond acceptors (Lipinski definition) is 6. The molecule has 0 saturated carbocycles. The summed E-state index contributed by atoms with van der Waals surface area (Å²) in [5.41, 5.74) is 3.89. The zero-order valence-electron chi connectivity index (χ0n) is 15.5. The third kappa shape index (κ3) is 5.20. The SMILES string of the molecule is COc1ccc(/C=N\NC(=O)c2ccc(N(C)S(C)(=O)=O)cc2)c(OC)c1. The minimum atomic E-state index is -3.36. The normalized spacial score (nSPS) is 11.3. The molecule has 0 aliphatic rings. The quantitative estimate of drug-likeness (QED) is 0.574. The first kappa shape index (κ1) is 20.2. The molecule has 0 heterocycles. The maximum absolute atomic E-state index is 12.2. The standard InChI is InChI=1S/C18H21N3O5S/c1-21(27(4,23)24)15-8-5-13(6-9-15)18(22)20-19-12-14-7-10-16(25-2)11-17(14)26-3/h5-12H,1-4H3,(H,20,22)/b19-12-. The highest BCUT2D eigenvalue weighted by Crippen LogP contribution is 2.23. The molecular weight excluding hydrogens is 370 g/mol. The van der Waals surface area contributed by atoms with E-state index in [4.69, 9.17) is 9.47 Å². The minimum absolute atomic E-state index is 0.347. The van der Waals surface area contributed by atoms with E-state index >= 15 is 0 Å². The van der Waals surface area contributed by atoms with E-state index in [9.17, 15) is 13.2 Å². The molecule has 9 heteroatoms. The number of anilines is 1. The molecule has 2 rings (SSSR count). The van der Waals surface area contributed by atoms with Crippen molar-refractivity contribution < 1.29 is 22.7 Å². The summed E-state index contributed by atoms with van der Waals surface area (Å²) in [6.07, 6.45) is 2.57. The fourth-order valence-electron chi connectivity index (χ4n) is 2.16. The predicted molar refractivity (Wildman–Crippen MR) is 104 cm³/mol. The van der Waals surface area contributed by atoms with Gasteiger partial charge in [0.2, 0.25) is 10.0 Å². The molecule has 0 aliphatic heterocycles. The molecule has 0 atom stereocenters. The maximum Gasteiger partial charge on any atom is 0.271 e. The molecule has 2 aromatic rings. The Kier molecular flexibility index (Phi) is 6.40. The second-order valence-corrected chi connectivity index (χ2v) is 7.60. The van der Waals surface area contributed by atoms with Crippen molar-refractivity contribution in [3.05, 3.63) is 53.6 Å². The fourth-order valence-corrected chi connectivity index (χ4v) is 2.67. The van der Waals surface area contributed by atoms with Crippen LogP contribution in [0.25, 0.3) is 0 Å². The van der Waals surface area contributed by atoms with Crippen molar-refractivity contribution in [3.8, 4) is 11.5 Å². The molecule has 144 valence electrons. The van der Waals surface area contributed by atoms with Crippen LogP contribution in [0.5, 0.6) is 11.5 Å². The molecule has 27 heavy (non-hydrogen) atoms. The van der Waals surface area contributed by atoms with E-state index in [1.165, 1.54) is 32.5 Å². The summed E-state index contributed by atoms with van der Waals surface area (Å²) in [5, 5.41) is 3.93. The summed E-state index contributed by atoms with van der Waals surface area (Å²) in [4.78, 5) is 12.2. The number of rotatable bonds is 7. The number of methoxy groups -OCH3 is 2. The number of ether oxygens (including phenoxy) is 2. The average Bonchev–Trinajstić information content (AvgIpc) is 2.66. The Labute approximate surface area is 158 Å². The number of nitrogens with zero attached hydrogens (tertiary/aromatic N) is 2. The van der Waals surface area contributed by atoms with Crippen molar-refractivity contribution in [2.24, 2.45) is 5.10 Å². The van der Waals surface area contributed by atoms with Gasteiger partial charge in [0.25, 0.3) is 5.91 Å². The Morgan fingerprint density at radius 2 is 1.78 bits per heavy atom. The lowest BCUT2D eigenvalue weighted by Crippen LogP contribution is -2.25. The van der Waals surface area contributed by atoms with Crippen molar-refractivity contribution >= 4 is 27.8 Å². The molecule has 1 amide bonds. The maximum atomic E-state index is 12.2. The van der Waals surface area contributed by atoms with E-state index in [1.54, 1.807) is 37.4 Å². The number of amides is 1. The molecule has 8 nitrogen and oxygen atoms in total. The van der Waals surface area contributed by atoms with Gasteiger partial charge < -0.3 is 9.47 Å². The summed E-state index contributed by atoms with van der Waals surface area (Å²) in [6.45, 7) is 0. The average molecular weight is 391 g/mol. The third-order valence-corrected chi connectivity index (χ3v) is 5.01. The van der Waals surface area contributed by atoms with Gasteiger partial charge in [-0.15, -0.1) is 0 Å². The summed E-state index contributed by atoms with van der Waals surface area (Å²) >= 11 is 0. The number of nitrogens with one attached hydrogen (secondary N) is 1. The highest BCUT2D eigenvalue weighted by atomic mass is 32.2. The molecule has 0 aromatic heterocycles. The second-order valence-electron chi connectivity index (χ2n) is 5.58. The smallest absolute Gasteiger partial charge is 0.271 e. The van der Waals surface area contributed by atoms with Crippen LogP contribution in [0.1, 0.15) is 15.9 Å². The largest absolute Gasteiger partial charge is 0.497 e. The summed E-state index contributed by atoms with van der Waals surface area (Å²) in [5.74, 6) is 0.778. The monoisotopic (exact) mass is 391 g/mol. The molecule has 0 spiro atoms. The van der Waals surface area contributed by atoms with Gasteiger partial charge in [0.05, 0.1) is 32.4 Å². The van der Waals surface area contributed by atoms with E-state index in [0.29, 0.717) is 28.3 Å². The molecule has 0 bridgehead atoms. The van der Waals surface area contributed by atoms with E-state index in [0.717, 1.165) is 10.6 Å². The highest BCUT2D eigenvalue weighted by Gasteiger charge is 2.12. The van der Waals surface area contributed by atoms with E-state index < -0.39 is 15.9 Å². The minimum Gasteiger partial charge on any atom is -0.497 e. The Hall–Kier alpha value is -3.07. The molecular formula is C18H21N3O5S. The van der Waals surface area contributed by atoms with Gasteiger partial charge in [0.1, 0.15) is 11.5 Å². The molecule has 0 unspecified atom stereocenters. The number of benzene rings is 2. The summed E-state index contributed by atoms with van der Waals surface area (Å²) < 4.78 is 34.6. The van der Waals surface area contributed by atoms with Crippen LogP contribution in [0.4, 0.5) is 5.69 Å². The van der Waals surface area contributed by atoms with Crippen molar-refractivity contribution in [2.75, 3.05) is 31.8 Å². The van der Waals surface area contributed by atoms with Gasteiger partial charge in [-0.2, -0.15) is 5.10 Å². The van der Waals surface area contributed by atoms with Gasteiger partial charge >= 0.3 is 0 Å². The third-order valence-electron chi connectivity index (χ3n) is 3.80. The highest BCUT2D eigenvalue weighted by molar-refractivity contribution is 7.92. The van der Waals surface area contributed by atoms with Crippen LogP contribution in [0.3, 0.4) is 0 Å². The molecule has 1 N–H and O–H groups in total. The number of hydrogen-bond donors (Lipinski definition) is 1. The topological polar surface area (TPSA) is 97.3 Å². The molecule has 2 aromatic carbocycles. The lowest BCUT2D eigenvalue weighted by molar-refractivity contribution is 0.0955. The first-order valence-electron chi connectivity index (χ1n) is 7.85. The van der Waals surface area contributed by atoms with Gasteiger partial charge in [-0.1, -0.05) is 0 Å². The van der Waals surface area contributed by atoms with Crippen LogP contribution in [-0.2, 0) is 10.0 Å². The van der Waals surface area contributed by atoms with Gasteiger partial charge in [0.15, 0.2) is 0 Å². The first-order chi connectivity index (χ1) is 12.8. The Morgan fingerprint density at radius 1 is 1.11 bits per heavy atom. The van der Waals surface area contributed by atoms with Crippen LogP contribution < -0.4 is 19.2 Å². The molecule has 0 aliphatic carbocycles. The van der Waals surface area contributed by atoms with Crippen LogP contribution in [0, 0.1) is 0 Å². The number of carbonyl (C=O) groups is 1. The molecule has 0 fully saturated rings. The Balaban J connectivity index is 2.06. The van der Waals surface area contributed by atoms with Crippen LogP contribution >= 0.6 is 0 Å². The van der Waals surface area contributed by atoms with Crippen molar-refractivity contribution in [1.82, 2.24) is 5.43 Å². The van der Waals surface area contributed by atoms with Crippen LogP contribution in [0.15, 0.2) is 47.6 Å². The summed E-state index contributed by atoms with van der Waals surface area (Å²) in [6, 6.07) is 11.4. The molecule has 0 radical (unpaired) electrons. The number of carbonyl (C=O) groups excluding carboxylic acids is 1. The second kappa shape index (κ2) is 8.54. The lowest BCUT2D eigenvalue weighted by atomic mass is 10.2. The van der Waals surface area contributed by atoms with Gasteiger partial charge in [-0.3, -0.25) is 9.10 Å². The van der Waals surface area contributed by atoms with Crippen molar-refractivity contribution in [2.45, 2.75) is 0 Å². The van der Waals surface area contributed by atoms with Gasteiger partial charge in [0, 0.05) is 24.2 Å². The molecule has 0 saturated heterocycles. The zero-order valence-corrected chi connectivity index (χ0v) is 16.3. The van der Waals surface area contributed by atoms with E-state index in [2.05, 4.69) is 10.5 Å². The van der Waals surface area contributed by atoms with Gasteiger partial charge in [-0.05, 0) is 36.4 Å². The zero-order chi connectivity index (χ0) is 20.0. The van der Waals surface area contributed by atoms with Crippen molar-refractivity contribution in [3.63, 3.8) is 0 Å². The number of sulfonamides is 1. The summed E-state index contributed by atoms with van der Waals surface area (Å²) in [7, 11) is 1.17. The number of hydrazone groups is 1.